The normalized spacial score (nSPS) is 24.1. The zero-order valence-electron chi connectivity index (χ0n) is 32.2. The molecule has 1 amide bonds. The number of carbonyl (C=O) groups excluding carboxylic acids is 1. The molecule has 1 saturated carbocycles. The van der Waals surface area contributed by atoms with Gasteiger partial charge in [-0.2, -0.15) is 30.9 Å². The third-order valence-electron chi connectivity index (χ3n) is 11.9. The van der Waals surface area contributed by atoms with E-state index in [-0.39, 0.29) is 63.6 Å². The van der Waals surface area contributed by atoms with Crippen LogP contribution in [-0.2, 0) is 22.7 Å². The predicted molar refractivity (Wildman–Crippen MR) is 201 cm³/mol. The fourth-order valence-electron chi connectivity index (χ4n) is 8.60. The second kappa shape index (κ2) is 16.7. The zero-order chi connectivity index (χ0) is 42.1. The molecule has 316 valence electrons. The van der Waals surface area contributed by atoms with Gasteiger partial charge < -0.3 is 29.7 Å². The van der Waals surface area contributed by atoms with Crippen molar-refractivity contribution < 1.29 is 65.3 Å². The average Bonchev–Trinajstić information content (AvgIpc) is 3.64. The summed E-state index contributed by atoms with van der Waals surface area (Å²) in [7, 11) is 0. The van der Waals surface area contributed by atoms with E-state index in [1.54, 1.807) is 35.8 Å². The van der Waals surface area contributed by atoms with Crippen molar-refractivity contribution in [1.29, 1.82) is 0 Å². The number of carboxylic acids is 1. The molecule has 0 spiro atoms. The van der Waals surface area contributed by atoms with Gasteiger partial charge in [-0.3, -0.25) is 14.6 Å². The van der Waals surface area contributed by atoms with Crippen molar-refractivity contribution in [3.8, 4) is 11.5 Å². The van der Waals surface area contributed by atoms with Crippen LogP contribution in [0, 0.1) is 5.41 Å². The lowest BCUT2D eigenvalue weighted by atomic mass is 9.66. The summed E-state index contributed by atoms with van der Waals surface area (Å²) < 4.78 is 97.8. The number of amides is 1. The molecule has 2 aromatic heterocycles. The molecule has 0 unspecified atom stereocenters. The predicted octanol–water partition coefficient (Wildman–Crippen LogP) is 8.86. The minimum atomic E-state index is -4.91. The summed E-state index contributed by atoms with van der Waals surface area (Å²) in [6.07, 6.45) is -5.12. The van der Waals surface area contributed by atoms with Gasteiger partial charge in [-0.1, -0.05) is 38.0 Å². The summed E-state index contributed by atoms with van der Waals surface area (Å²) in [5, 5.41) is 35.4. The molecule has 1 aromatic carbocycles. The van der Waals surface area contributed by atoms with Gasteiger partial charge in [0.2, 0.25) is 5.60 Å². The summed E-state index contributed by atoms with van der Waals surface area (Å²) in [4.78, 5) is 30.0. The number of aliphatic hydroxyl groups excluding tert-OH is 1. The van der Waals surface area contributed by atoms with Crippen molar-refractivity contribution in [1.82, 2.24) is 9.88 Å². The first-order valence-electron chi connectivity index (χ1n) is 19.5. The molecule has 6 rings (SSSR count). The lowest BCUT2D eigenvalue weighted by Gasteiger charge is -2.47. The molecule has 10 nitrogen and oxygen atoms in total. The third kappa shape index (κ3) is 8.66. The molecule has 17 heteroatoms. The Balaban J connectivity index is 1.32. The topological polar surface area (TPSA) is 132 Å². The maximum Gasteiger partial charge on any atom is 0.425 e. The molecule has 3 aliphatic rings. The Labute approximate surface area is 336 Å². The number of hydrogen-bond acceptors (Lipinski definition) is 7. The summed E-state index contributed by atoms with van der Waals surface area (Å²) >= 11 is 0.385. The molecule has 3 aromatic rings. The summed E-state index contributed by atoms with van der Waals surface area (Å²) in [5.41, 5.74) is -5.67. The van der Waals surface area contributed by atoms with Crippen LogP contribution in [0.25, 0.3) is 0 Å². The van der Waals surface area contributed by atoms with E-state index >= 15 is 0 Å². The molecular formula is C41H48F6N3O7S+. The van der Waals surface area contributed by atoms with Gasteiger partial charge in [-0.15, -0.1) is 11.3 Å². The number of nitrogens with zero attached hydrogens (tertiary/aromatic N) is 3. The lowest BCUT2D eigenvalue weighted by molar-refractivity contribution is -0.559. The van der Waals surface area contributed by atoms with Crippen LogP contribution in [0.5, 0.6) is 11.5 Å². The van der Waals surface area contributed by atoms with Gasteiger partial charge in [0.1, 0.15) is 40.8 Å². The van der Waals surface area contributed by atoms with Crippen molar-refractivity contribution in [3.05, 3.63) is 75.7 Å². The van der Waals surface area contributed by atoms with Gasteiger partial charge >= 0.3 is 24.2 Å². The number of aromatic nitrogens is 1. The Bertz CT molecular complexity index is 1990. The number of piperidine rings is 2. The fourth-order valence-corrected chi connectivity index (χ4v) is 9.27. The third-order valence-corrected chi connectivity index (χ3v) is 12.9. The first kappa shape index (κ1) is 43.2. The summed E-state index contributed by atoms with van der Waals surface area (Å²) in [5.74, 6) is -2.08. The minimum Gasteiger partial charge on any atom is -0.490 e. The molecule has 2 aliphatic heterocycles. The number of hydrogen-bond donors (Lipinski definition) is 3. The number of para-hydroxylation sites is 1. The molecule has 2 saturated heterocycles. The van der Waals surface area contributed by atoms with Crippen LogP contribution >= 0.6 is 11.3 Å². The second-order valence-electron chi connectivity index (χ2n) is 15.7. The largest absolute Gasteiger partial charge is 0.490 e. The number of aliphatic carboxylic acids is 1. The number of carboxylic acid groups (broad SMARTS) is 1. The number of thiophene rings is 1. The van der Waals surface area contributed by atoms with Gasteiger partial charge in [0.15, 0.2) is 0 Å². The molecule has 58 heavy (non-hydrogen) atoms. The van der Waals surface area contributed by atoms with Crippen molar-refractivity contribution in [2.75, 3.05) is 19.6 Å². The second-order valence-corrected chi connectivity index (χ2v) is 16.6. The molecule has 1 aliphatic carbocycles. The van der Waals surface area contributed by atoms with Crippen LogP contribution in [0.2, 0.25) is 0 Å². The lowest BCUT2D eigenvalue weighted by Crippen LogP contribution is -2.67. The van der Waals surface area contributed by atoms with Crippen LogP contribution in [0.15, 0.2) is 54.0 Å². The maximum atomic E-state index is 14.1. The van der Waals surface area contributed by atoms with Gasteiger partial charge in [0.25, 0.3) is 5.91 Å². The quantitative estimate of drug-likeness (QED) is 0.0884. The smallest absolute Gasteiger partial charge is 0.425 e. The molecule has 0 bridgehead atoms. The fraction of sp³-hybridized carbons (Fsp3) is 0.561. The van der Waals surface area contributed by atoms with Gasteiger partial charge in [0, 0.05) is 49.0 Å². The first-order chi connectivity index (χ1) is 27.3. The number of pyridine rings is 1. The van der Waals surface area contributed by atoms with Crippen LogP contribution in [0.3, 0.4) is 0 Å². The molecule has 4 heterocycles. The summed E-state index contributed by atoms with van der Waals surface area (Å²) in [6.45, 7) is 3.64. The highest BCUT2D eigenvalue weighted by atomic mass is 32.1. The number of halogens is 6. The highest BCUT2D eigenvalue weighted by molar-refractivity contribution is 7.10. The van der Waals surface area contributed by atoms with E-state index in [9.17, 15) is 51.3 Å². The SMILES string of the molecule is CCC[C@H]1N(C(=O)c2ncccc2C(F)(F)F)CCC[C@@]1(Oc1csc(C(F)(F)F)c1)C(O)=[N+]1CCC(O)(c2ccccc2O[C@H](C)CCC2(C(=O)O)CCC2)CC1. The van der Waals surface area contributed by atoms with E-state index in [1.807, 2.05) is 6.92 Å². The van der Waals surface area contributed by atoms with E-state index in [0.29, 0.717) is 54.8 Å². The Morgan fingerprint density at radius 2 is 1.71 bits per heavy atom. The molecular weight excluding hydrogens is 793 g/mol. The molecule has 3 N–H and O–H groups in total. The number of aliphatic hydroxyl groups is 2. The van der Waals surface area contributed by atoms with Gasteiger partial charge in [0.05, 0.1) is 23.1 Å². The highest BCUT2D eigenvalue weighted by Crippen LogP contribution is 2.47. The van der Waals surface area contributed by atoms with E-state index in [2.05, 4.69) is 4.98 Å². The maximum absolute atomic E-state index is 14.1. The Hall–Kier alpha value is -4.38. The van der Waals surface area contributed by atoms with Crippen LogP contribution < -0.4 is 9.47 Å². The first-order valence-corrected chi connectivity index (χ1v) is 20.4. The number of benzene rings is 1. The average molecular weight is 841 g/mol. The minimum absolute atomic E-state index is 0.0112. The zero-order valence-corrected chi connectivity index (χ0v) is 33.1. The van der Waals surface area contributed by atoms with Gasteiger partial charge in [-0.05, 0) is 63.6 Å². The Morgan fingerprint density at radius 1 is 1.00 bits per heavy atom. The standard InChI is InChI=1S/C41H47F6N3O7S/c1-3-9-31-39(57-27-24-32(58-25-27)41(45,46)47,16-8-21-50(31)34(51)33-29(40(42,43)44)11-6-20-48-33)35(52)49-22-18-38(55,19-23-49)28-10-4-5-12-30(28)56-26(2)13-17-37(36(53)54)14-7-15-37/h4-6,10-12,20,24-26,31,55H,3,7-9,13-19,21-23H2,1-2H3,(H,53,54)/p+1/t26-,31-,39+/m1/s1. The Morgan fingerprint density at radius 3 is 2.31 bits per heavy atom. The van der Waals surface area contributed by atoms with Crippen LogP contribution in [0.4, 0.5) is 26.3 Å². The number of alkyl halides is 6. The number of carbonyl (C=O) groups is 2. The van der Waals surface area contributed by atoms with Crippen LogP contribution in [-0.4, -0.2) is 84.9 Å². The summed E-state index contributed by atoms with van der Waals surface area (Å²) in [6, 6.07) is 8.45. The monoisotopic (exact) mass is 840 g/mol. The van der Waals surface area contributed by atoms with Crippen molar-refractivity contribution in [2.45, 2.75) is 120 Å². The Kier molecular flexibility index (Phi) is 12.4. The number of ether oxygens (including phenoxy) is 2. The van der Waals surface area contributed by atoms with Crippen LogP contribution in [0.1, 0.15) is 111 Å². The van der Waals surface area contributed by atoms with Gasteiger partial charge in [-0.25, -0.2) is 0 Å². The van der Waals surface area contributed by atoms with Crippen molar-refractivity contribution >= 4 is 29.1 Å². The van der Waals surface area contributed by atoms with Crippen molar-refractivity contribution in [2.24, 2.45) is 5.41 Å². The molecule has 3 fully saturated rings. The molecule has 3 atom stereocenters. The van der Waals surface area contributed by atoms with E-state index in [0.717, 1.165) is 36.2 Å². The highest BCUT2D eigenvalue weighted by Gasteiger charge is 2.58. The van der Waals surface area contributed by atoms with Crippen molar-refractivity contribution in [3.63, 3.8) is 0 Å². The molecule has 0 radical (unpaired) electrons. The van der Waals surface area contributed by atoms with E-state index < -0.39 is 68.9 Å². The van der Waals surface area contributed by atoms with E-state index in [4.69, 9.17) is 9.47 Å². The number of likely N-dealkylation sites (tertiary alicyclic amines) is 1. The van der Waals surface area contributed by atoms with E-state index in [1.165, 1.54) is 4.90 Å². The number of rotatable bonds is 13.